The molecule has 2 aromatic rings. The molecule has 1 fully saturated rings. The van der Waals surface area contributed by atoms with Crippen LogP contribution < -0.4 is 10.3 Å². The minimum absolute atomic E-state index is 0.0715. The van der Waals surface area contributed by atoms with Crippen molar-refractivity contribution in [3.05, 3.63) is 58.0 Å². The van der Waals surface area contributed by atoms with E-state index in [2.05, 4.69) is 4.74 Å². The SMILES string of the molecule is O=c1cc2c(cn1C1CC1)CN(S(=O)(=O)c1ccc(OC(F)(F)F)cc1)CC2. The highest BCUT2D eigenvalue weighted by molar-refractivity contribution is 7.89. The molecule has 0 bridgehead atoms. The first kappa shape index (κ1) is 19.0. The molecule has 4 rings (SSSR count). The lowest BCUT2D eigenvalue weighted by atomic mass is 10.0. The standard InChI is InChI=1S/C18H17F3N2O4S/c19-18(20,21)27-15-3-5-16(6-4-15)28(25,26)22-8-7-12-9-17(24)23(14-1-2-14)11-13(12)10-22/h3-6,9,11,14H,1-2,7-8,10H2. The normalized spacial score (nSPS) is 18.0. The van der Waals surface area contributed by atoms with Gasteiger partial charge in [-0.15, -0.1) is 13.2 Å². The van der Waals surface area contributed by atoms with Crippen molar-refractivity contribution >= 4 is 10.0 Å². The van der Waals surface area contributed by atoms with Crippen LogP contribution in [0.4, 0.5) is 13.2 Å². The minimum Gasteiger partial charge on any atom is -0.406 e. The highest BCUT2D eigenvalue weighted by atomic mass is 32.2. The largest absolute Gasteiger partial charge is 0.573 e. The Balaban J connectivity index is 1.57. The maximum Gasteiger partial charge on any atom is 0.573 e. The van der Waals surface area contributed by atoms with Crippen LogP contribution in [0.3, 0.4) is 0 Å². The summed E-state index contributed by atoms with van der Waals surface area (Å²) < 4.78 is 69.2. The lowest BCUT2D eigenvalue weighted by molar-refractivity contribution is -0.274. The van der Waals surface area contributed by atoms with Crippen molar-refractivity contribution in [3.8, 4) is 5.75 Å². The van der Waals surface area contributed by atoms with Crippen LogP contribution >= 0.6 is 0 Å². The molecule has 0 radical (unpaired) electrons. The van der Waals surface area contributed by atoms with Gasteiger partial charge in [-0.25, -0.2) is 8.42 Å². The summed E-state index contributed by atoms with van der Waals surface area (Å²) in [7, 11) is -3.88. The number of benzene rings is 1. The fourth-order valence-corrected chi connectivity index (χ4v) is 4.74. The van der Waals surface area contributed by atoms with Gasteiger partial charge in [0.1, 0.15) is 5.75 Å². The molecule has 1 aliphatic heterocycles. The van der Waals surface area contributed by atoms with E-state index >= 15 is 0 Å². The van der Waals surface area contributed by atoms with Crippen molar-refractivity contribution < 1.29 is 26.3 Å². The zero-order valence-electron chi connectivity index (χ0n) is 14.6. The van der Waals surface area contributed by atoms with Crippen LogP contribution in [-0.4, -0.2) is 30.2 Å². The molecule has 1 saturated carbocycles. The highest BCUT2D eigenvalue weighted by Crippen LogP contribution is 2.34. The summed E-state index contributed by atoms with van der Waals surface area (Å²) in [4.78, 5) is 12.0. The van der Waals surface area contributed by atoms with E-state index in [-0.39, 0.29) is 29.6 Å². The molecule has 1 aliphatic carbocycles. The Labute approximate surface area is 159 Å². The van der Waals surface area contributed by atoms with E-state index in [1.165, 1.54) is 4.31 Å². The number of rotatable bonds is 4. The smallest absolute Gasteiger partial charge is 0.406 e. The van der Waals surface area contributed by atoms with Crippen molar-refractivity contribution in [1.29, 1.82) is 0 Å². The molecule has 2 aliphatic rings. The van der Waals surface area contributed by atoms with Gasteiger partial charge < -0.3 is 9.30 Å². The molecule has 2 heterocycles. The second-order valence-corrected chi connectivity index (χ2v) is 8.85. The van der Waals surface area contributed by atoms with Crippen molar-refractivity contribution in [2.24, 2.45) is 0 Å². The van der Waals surface area contributed by atoms with E-state index in [4.69, 9.17) is 0 Å². The van der Waals surface area contributed by atoms with Gasteiger partial charge in [0.15, 0.2) is 0 Å². The molecule has 6 nitrogen and oxygen atoms in total. The summed E-state index contributed by atoms with van der Waals surface area (Å²) in [6.45, 7) is 0.314. The topological polar surface area (TPSA) is 68.6 Å². The first-order chi connectivity index (χ1) is 13.1. The van der Waals surface area contributed by atoms with Gasteiger partial charge in [-0.3, -0.25) is 4.79 Å². The van der Waals surface area contributed by atoms with Gasteiger partial charge in [0.25, 0.3) is 5.56 Å². The zero-order chi connectivity index (χ0) is 20.1. The molecule has 10 heteroatoms. The predicted octanol–water partition coefficient (Wildman–Crippen LogP) is 2.83. The Kier molecular flexibility index (Phi) is 4.50. The Morgan fingerprint density at radius 2 is 1.75 bits per heavy atom. The van der Waals surface area contributed by atoms with Crippen LogP contribution in [0.1, 0.15) is 30.0 Å². The van der Waals surface area contributed by atoms with Gasteiger partial charge in [0.2, 0.25) is 10.0 Å². The molecule has 0 spiro atoms. The highest BCUT2D eigenvalue weighted by Gasteiger charge is 2.33. The molecule has 0 saturated heterocycles. The Morgan fingerprint density at radius 1 is 1.07 bits per heavy atom. The van der Waals surface area contributed by atoms with E-state index in [1.54, 1.807) is 16.8 Å². The van der Waals surface area contributed by atoms with E-state index < -0.39 is 22.1 Å². The van der Waals surface area contributed by atoms with Crippen molar-refractivity contribution in [3.63, 3.8) is 0 Å². The summed E-state index contributed by atoms with van der Waals surface area (Å²) in [6.07, 6.45) is -0.823. The van der Waals surface area contributed by atoms with E-state index in [9.17, 15) is 26.4 Å². The fraction of sp³-hybridized carbons (Fsp3) is 0.389. The lowest BCUT2D eigenvalue weighted by Gasteiger charge is -2.28. The first-order valence-electron chi connectivity index (χ1n) is 8.73. The second-order valence-electron chi connectivity index (χ2n) is 6.91. The molecular weight excluding hydrogens is 397 g/mol. The fourth-order valence-electron chi connectivity index (χ4n) is 3.33. The summed E-state index contributed by atoms with van der Waals surface area (Å²) in [5.74, 6) is -0.483. The third-order valence-electron chi connectivity index (χ3n) is 4.87. The van der Waals surface area contributed by atoms with Gasteiger partial charge in [-0.2, -0.15) is 4.31 Å². The average molecular weight is 414 g/mol. The van der Waals surface area contributed by atoms with Crippen LogP contribution in [0.2, 0.25) is 0 Å². The van der Waals surface area contributed by atoms with Gasteiger partial charge in [0.05, 0.1) is 4.90 Å². The molecule has 28 heavy (non-hydrogen) atoms. The van der Waals surface area contributed by atoms with Crippen LogP contribution in [0.25, 0.3) is 0 Å². The summed E-state index contributed by atoms with van der Waals surface area (Å²) in [6, 6.07) is 5.90. The van der Waals surface area contributed by atoms with E-state index in [1.807, 2.05) is 0 Å². The molecule has 0 atom stereocenters. The van der Waals surface area contributed by atoms with Gasteiger partial charge >= 0.3 is 6.36 Å². The number of sulfonamides is 1. The number of hydrogen-bond donors (Lipinski definition) is 0. The predicted molar refractivity (Wildman–Crippen MR) is 93.4 cm³/mol. The van der Waals surface area contributed by atoms with Crippen molar-refractivity contribution in [1.82, 2.24) is 8.87 Å². The minimum atomic E-state index is -4.84. The third kappa shape index (κ3) is 3.79. The number of halogens is 3. The zero-order valence-corrected chi connectivity index (χ0v) is 15.5. The van der Waals surface area contributed by atoms with Crippen LogP contribution in [0.15, 0.2) is 46.2 Å². The molecule has 1 aromatic heterocycles. The monoisotopic (exact) mass is 414 g/mol. The summed E-state index contributed by atoms with van der Waals surface area (Å²) in [5.41, 5.74) is 1.54. The van der Waals surface area contributed by atoms with E-state index in [0.717, 1.165) is 48.2 Å². The lowest BCUT2D eigenvalue weighted by Crippen LogP contribution is -2.37. The Hall–Kier alpha value is -2.33. The maximum absolute atomic E-state index is 12.9. The molecule has 0 N–H and O–H groups in total. The molecular formula is C18H17F3N2O4S. The Bertz CT molecular complexity index is 1060. The Morgan fingerprint density at radius 3 is 2.36 bits per heavy atom. The van der Waals surface area contributed by atoms with Gasteiger partial charge in [0, 0.05) is 31.4 Å². The third-order valence-corrected chi connectivity index (χ3v) is 6.73. The van der Waals surface area contributed by atoms with Gasteiger partial charge in [-0.05, 0) is 54.7 Å². The molecule has 0 unspecified atom stereocenters. The van der Waals surface area contributed by atoms with Crippen LogP contribution in [-0.2, 0) is 23.0 Å². The molecule has 0 amide bonds. The second kappa shape index (κ2) is 6.63. The number of alkyl halides is 3. The number of fused-ring (bicyclic) bond motifs is 1. The number of hydrogen-bond acceptors (Lipinski definition) is 4. The van der Waals surface area contributed by atoms with Gasteiger partial charge in [-0.1, -0.05) is 0 Å². The summed E-state index contributed by atoms with van der Waals surface area (Å²) in [5, 5.41) is 0. The first-order valence-corrected chi connectivity index (χ1v) is 10.2. The van der Waals surface area contributed by atoms with Crippen LogP contribution in [0, 0.1) is 0 Å². The number of nitrogens with zero attached hydrogens (tertiary/aromatic N) is 2. The quantitative estimate of drug-likeness (QED) is 0.772. The van der Waals surface area contributed by atoms with Crippen molar-refractivity contribution in [2.45, 2.75) is 43.1 Å². The van der Waals surface area contributed by atoms with Crippen molar-refractivity contribution in [2.75, 3.05) is 6.54 Å². The molecule has 1 aromatic carbocycles. The number of pyridine rings is 1. The average Bonchev–Trinajstić information content (AvgIpc) is 3.45. The summed E-state index contributed by atoms with van der Waals surface area (Å²) >= 11 is 0. The van der Waals surface area contributed by atoms with E-state index in [0.29, 0.717) is 6.42 Å². The number of ether oxygens (including phenoxy) is 1. The molecule has 150 valence electrons. The maximum atomic E-state index is 12.9. The number of aromatic nitrogens is 1. The van der Waals surface area contributed by atoms with Crippen LogP contribution in [0.5, 0.6) is 5.75 Å².